The summed E-state index contributed by atoms with van der Waals surface area (Å²) in [5.41, 5.74) is 5.76. The highest BCUT2D eigenvalue weighted by atomic mass is 16.6. The van der Waals surface area contributed by atoms with Crippen LogP contribution in [0.5, 0.6) is 5.88 Å². The predicted octanol–water partition coefficient (Wildman–Crippen LogP) is 0.332. The Morgan fingerprint density at radius 3 is 2.58 bits per heavy atom. The van der Waals surface area contributed by atoms with E-state index in [1.807, 2.05) is 11.9 Å². The third-order valence-corrected chi connectivity index (χ3v) is 3.17. The smallest absolute Gasteiger partial charge is 0.313 e. The summed E-state index contributed by atoms with van der Waals surface area (Å²) in [7, 11) is 3.46. The van der Waals surface area contributed by atoms with E-state index in [1.54, 1.807) is 0 Å². The molecule has 1 aliphatic rings. The first-order valence-corrected chi connectivity index (χ1v) is 5.95. The van der Waals surface area contributed by atoms with Crippen LogP contribution in [0.2, 0.25) is 0 Å². The second kappa shape index (κ2) is 5.27. The largest absolute Gasteiger partial charge is 0.479 e. The van der Waals surface area contributed by atoms with E-state index in [9.17, 15) is 10.1 Å². The lowest BCUT2D eigenvalue weighted by Gasteiger charge is -2.32. The van der Waals surface area contributed by atoms with Crippen LogP contribution < -0.4 is 15.4 Å². The minimum absolute atomic E-state index is 0.0807. The number of methoxy groups -OCH3 is 1. The summed E-state index contributed by atoms with van der Waals surface area (Å²) in [5, 5.41) is 11.1. The highest BCUT2D eigenvalue weighted by molar-refractivity contribution is 5.67. The maximum atomic E-state index is 11.1. The fourth-order valence-electron chi connectivity index (χ4n) is 2.04. The van der Waals surface area contributed by atoms with Gasteiger partial charge < -0.3 is 20.3 Å². The number of rotatable bonds is 3. The van der Waals surface area contributed by atoms with Crippen LogP contribution in [0.1, 0.15) is 0 Å². The molecule has 0 aromatic carbocycles. The Bertz CT molecular complexity index is 485. The van der Waals surface area contributed by atoms with Crippen LogP contribution in [-0.4, -0.2) is 55.1 Å². The number of nitrogens with zero attached hydrogens (tertiary/aromatic N) is 4. The van der Waals surface area contributed by atoms with Gasteiger partial charge in [0.25, 0.3) is 0 Å². The number of nitro groups is 1. The van der Waals surface area contributed by atoms with Crippen LogP contribution >= 0.6 is 0 Å². The lowest BCUT2D eigenvalue weighted by Crippen LogP contribution is -2.45. The Labute approximate surface area is 110 Å². The average molecular weight is 267 g/mol. The van der Waals surface area contributed by atoms with Gasteiger partial charge in [0.1, 0.15) is 5.69 Å². The molecule has 2 rings (SSSR count). The normalized spacial score (nSPS) is 16.4. The molecule has 19 heavy (non-hydrogen) atoms. The van der Waals surface area contributed by atoms with Crippen LogP contribution in [0.15, 0.2) is 6.07 Å². The van der Waals surface area contributed by atoms with E-state index in [2.05, 4.69) is 9.88 Å². The Morgan fingerprint density at radius 1 is 1.42 bits per heavy atom. The van der Waals surface area contributed by atoms with Crippen molar-refractivity contribution >= 4 is 17.2 Å². The summed E-state index contributed by atoms with van der Waals surface area (Å²) in [6, 6.07) is 1.31. The van der Waals surface area contributed by atoms with Crippen molar-refractivity contribution in [2.45, 2.75) is 0 Å². The standard InChI is InChI=1S/C11H17N5O3/c1-14-3-5-15(6-4-14)10-9(16(17)18)7-8(12)11(13-10)19-2/h7H,3-6,12H2,1-2H3. The minimum atomic E-state index is -0.462. The van der Waals surface area contributed by atoms with Gasteiger partial charge in [0, 0.05) is 32.2 Å². The lowest BCUT2D eigenvalue weighted by molar-refractivity contribution is -0.384. The van der Waals surface area contributed by atoms with Gasteiger partial charge in [-0.3, -0.25) is 10.1 Å². The van der Waals surface area contributed by atoms with Crippen molar-refractivity contribution < 1.29 is 9.66 Å². The molecule has 0 atom stereocenters. The molecule has 104 valence electrons. The zero-order valence-electron chi connectivity index (χ0n) is 11.0. The molecule has 0 unspecified atom stereocenters. The maximum absolute atomic E-state index is 11.1. The summed E-state index contributed by atoms with van der Waals surface area (Å²) < 4.78 is 5.04. The second-order valence-electron chi connectivity index (χ2n) is 4.48. The number of hydrogen-bond acceptors (Lipinski definition) is 7. The van der Waals surface area contributed by atoms with Gasteiger partial charge in [-0.1, -0.05) is 0 Å². The maximum Gasteiger partial charge on any atom is 0.313 e. The van der Waals surface area contributed by atoms with Gasteiger partial charge in [-0.05, 0) is 7.05 Å². The molecule has 0 spiro atoms. The third-order valence-electron chi connectivity index (χ3n) is 3.17. The van der Waals surface area contributed by atoms with Crippen molar-refractivity contribution in [3.8, 4) is 5.88 Å². The lowest BCUT2D eigenvalue weighted by atomic mass is 10.2. The molecular weight excluding hydrogens is 250 g/mol. The fourth-order valence-corrected chi connectivity index (χ4v) is 2.04. The van der Waals surface area contributed by atoms with Gasteiger partial charge in [0.15, 0.2) is 0 Å². The van der Waals surface area contributed by atoms with Crippen molar-refractivity contribution in [3.05, 3.63) is 16.2 Å². The van der Waals surface area contributed by atoms with E-state index in [0.717, 1.165) is 13.1 Å². The zero-order chi connectivity index (χ0) is 14.0. The van der Waals surface area contributed by atoms with E-state index in [4.69, 9.17) is 10.5 Å². The molecule has 2 heterocycles. The van der Waals surface area contributed by atoms with Crippen molar-refractivity contribution in [2.75, 3.05) is 51.0 Å². The van der Waals surface area contributed by atoms with E-state index < -0.39 is 4.92 Å². The van der Waals surface area contributed by atoms with E-state index in [-0.39, 0.29) is 17.3 Å². The number of likely N-dealkylation sites (N-methyl/N-ethyl adjacent to an activating group) is 1. The minimum Gasteiger partial charge on any atom is -0.479 e. The van der Waals surface area contributed by atoms with Crippen molar-refractivity contribution in [1.82, 2.24) is 9.88 Å². The van der Waals surface area contributed by atoms with Gasteiger partial charge >= 0.3 is 5.69 Å². The number of aromatic nitrogens is 1. The van der Waals surface area contributed by atoms with Gasteiger partial charge in [-0.25, -0.2) is 0 Å². The molecule has 0 saturated carbocycles. The molecule has 0 aliphatic carbocycles. The van der Waals surface area contributed by atoms with Crippen LogP contribution in [0.25, 0.3) is 0 Å². The van der Waals surface area contributed by atoms with Gasteiger partial charge in [0.2, 0.25) is 11.7 Å². The SMILES string of the molecule is COc1nc(N2CCN(C)CC2)c([N+](=O)[O-])cc1N. The van der Waals surface area contributed by atoms with E-state index >= 15 is 0 Å². The van der Waals surface area contributed by atoms with E-state index in [0.29, 0.717) is 18.9 Å². The molecule has 1 fully saturated rings. The molecule has 1 aromatic rings. The molecule has 0 bridgehead atoms. The van der Waals surface area contributed by atoms with E-state index in [1.165, 1.54) is 13.2 Å². The number of hydrogen-bond donors (Lipinski definition) is 1. The first-order valence-electron chi connectivity index (χ1n) is 5.95. The Morgan fingerprint density at radius 2 is 2.05 bits per heavy atom. The summed E-state index contributed by atoms with van der Waals surface area (Å²) in [6.07, 6.45) is 0. The molecule has 1 aromatic heterocycles. The number of nitrogen functional groups attached to an aromatic ring is 1. The summed E-state index contributed by atoms with van der Waals surface area (Å²) in [5.74, 6) is 0.545. The Hall–Kier alpha value is -2.09. The Kier molecular flexibility index (Phi) is 3.70. The predicted molar refractivity (Wildman–Crippen MR) is 71.6 cm³/mol. The Balaban J connectivity index is 2.39. The number of pyridine rings is 1. The summed E-state index contributed by atoms with van der Waals surface area (Å²) in [6.45, 7) is 3.06. The molecule has 8 heteroatoms. The van der Waals surface area contributed by atoms with Gasteiger partial charge in [-0.15, -0.1) is 0 Å². The number of nitrogens with two attached hydrogens (primary N) is 1. The quantitative estimate of drug-likeness (QED) is 0.622. The second-order valence-corrected chi connectivity index (χ2v) is 4.48. The summed E-state index contributed by atoms with van der Waals surface area (Å²) in [4.78, 5) is 18.9. The fraction of sp³-hybridized carbons (Fsp3) is 0.545. The molecule has 1 aliphatic heterocycles. The third kappa shape index (κ3) is 2.68. The highest BCUT2D eigenvalue weighted by Gasteiger charge is 2.26. The number of ether oxygens (including phenoxy) is 1. The van der Waals surface area contributed by atoms with Crippen LogP contribution in [0.4, 0.5) is 17.2 Å². The topological polar surface area (TPSA) is 97.8 Å². The average Bonchev–Trinajstić information content (AvgIpc) is 2.39. The molecular formula is C11H17N5O3. The first-order chi connectivity index (χ1) is 9.02. The van der Waals surface area contributed by atoms with Crippen LogP contribution in [0, 0.1) is 10.1 Å². The number of piperazine rings is 1. The molecule has 2 N–H and O–H groups in total. The van der Waals surface area contributed by atoms with Gasteiger partial charge in [-0.2, -0.15) is 4.98 Å². The molecule has 1 saturated heterocycles. The van der Waals surface area contributed by atoms with Crippen LogP contribution in [0.3, 0.4) is 0 Å². The number of anilines is 2. The monoisotopic (exact) mass is 267 g/mol. The zero-order valence-corrected chi connectivity index (χ0v) is 11.0. The first kappa shape index (κ1) is 13.3. The molecule has 8 nitrogen and oxygen atoms in total. The molecule has 0 amide bonds. The highest BCUT2D eigenvalue weighted by Crippen LogP contribution is 2.33. The van der Waals surface area contributed by atoms with Crippen LogP contribution in [-0.2, 0) is 0 Å². The van der Waals surface area contributed by atoms with Crippen molar-refractivity contribution in [1.29, 1.82) is 0 Å². The molecule has 0 radical (unpaired) electrons. The summed E-state index contributed by atoms with van der Waals surface area (Å²) >= 11 is 0. The van der Waals surface area contributed by atoms with Crippen molar-refractivity contribution in [3.63, 3.8) is 0 Å². The van der Waals surface area contributed by atoms with Gasteiger partial charge in [0.05, 0.1) is 12.0 Å². The van der Waals surface area contributed by atoms with Crippen molar-refractivity contribution in [2.24, 2.45) is 0 Å².